The fourth-order valence-corrected chi connectivity index (χ4v) is 3.40. The number of thiazole rings is 1. The first-order valence-electron chi connectivity index (χ1n) is 5.14. The number of aryl methyl sites for hydroxylation is 2. The van der Waals surface area contributed by atoms with Crippen LogP contribution in [0, 0.1) is 13.8 Å². The second-order valence-corrected chi connectivity index (χ2v) is 6.28. The first kappa shape index (κ1) is 13.5. The Balaban J connectivity index is 2.29. The average Bonchev–Trinajstić information content (AvgIpc) is 2.85. The van der Waals surface area contributed by atoms with Crippen molar-refractivity contribution in [3.63, 3.8) is 0 Å². The fourth-order valence-electron chi connectivity index (χ4n) is 1.46. The van der Waals surface area contributed by atoms with Crippen LogP contribution in [0.4, 0.5) is 13.2 Å². The van der Waals surface area contributed by atoms with Gasteiger partial charge in [0.15, 0.2) is 5.01 Å². The van der Waals surface area contributed by atoms with E-state index in [9.17, 15) is 13.2 Å². The van der Waals surface area contributed by atoms with Gasteiger partial charge in [0.25, 0.3) is 0 Å². The molecule has 0 bridgehead atoms. The Morgan fingerprint density at radius 3 is 2.33 bits per heavy atom. The molecule has 0 aliphatic carbocycles. The van der Waals surface area contributed by atoms with Gasteiger partial charge in [-0.25, -0.2) is 4.98 Å². The maximum atomic E-state index is 12.4. The highest BCUT2D eigenvalue weighted by molar-refractivity contribution is 7.13. The van der Waals surface area contributed by atoms with Gasteiger partial charge in [-0.3, -0.25) is 0 Å². The van der Waals surface area contributed by atoms with E-state index in [1.807, 2.05) is 19.9 Å². The zero-order valence-electron chi connectivity index (χ0n) is 9.71. The zero-order valence-corrected chi connectivity index (χ0v) is 11.3. The molecule has 0 aliphatic rings. The highest BCUT2D eigenvalue weighted by Crippen LogP contribution is 2.37. The third-order valence-corrected chi connectivity index (χ3v) is 4.93. The molecular formula is C11H11F3N2S2. The number of hydrogen-bond acceptors (Lipinski definition) is 4. The monoisotopic (exact) mass is 292 g/mol. The third kappa shape index (κ3) is 2.57. The number of nitrogens with two attached hydrogens (primary N) is 1. The highest BCUT2D eigenvalue weighted by Gasteiger charge is 2.35. The molecule has 0 aliphatic heterocycles. The lowest BCUT2D eigenvalue weighted by atomic mass is 10.2. The van der Waals surface area contributed by atoms with Crippen LogP contribution < -0.4 is 5.73 Å². The molecule has 0 saturated carbocycles. The number of alkyl halides is 3. The molecule has 2 aromatic rings. The molecule has 0 fully saturated rings. The molecule has 0 amide bonds. The molecule has 98 valence electrons. The van der Waals surface area contributed by atoms with Crippen LogP contribution in [0.25, 0.3) is 0 Å². The molecule has 2 aromatic heterocycles. The van der Waals surface area contributed by atoms with Crippen molar-refractivity contribution >= 4 is 22.7 Å². The predicted molar refractivity (Wildman–Crippen MR) is 66.9 cm³/mol. The Morgan fingerprint density at radius 1 is 1.22 bits per heavy atom. The van der Waals surface area contributed by atoms with Crippen LogP contribution in [-0.4, -0.2) is 4.98 Å². The summed E-state index contributed by atoms with van der Waals surface area (Å²) >= 11 is 2.11. The maximum absolute atomic E-state index is 12.4. The lowest BCUT2D eigenvalue weighted by molar-refractivity contribution is -0.137. The first-order valence-corrected chi connectivity index (χ1v) is 6.77. The van der Waals surface area contributed by atoms with E-state index < -0.39 is 17.2 Å². The summed E-state index contributed by atoms with van der Waals surface area (Å²) in [5, 5.41) is -0.849. The highest BCUT2D eigenvalue weighted by atomic mass is 32.1. The molecule has 1 atom stereocenters. The molecule has 0 aromatic carbocycles. The minimum absolute atomic E-state index is 0.434. The van der Waals surface area contributed by atoms with Crippen molar-refractivity contribution in [2.75, 3.05) is 0 Å². The van der Waals surface area contributed by atoms with Crippen molar-refractivity contribution < 1.29 is 13.2 Å². The van der Waals surface area contributed by atoms with Crippen LogP contribution >= 0.6 is 22.7 Å². The molecule has 2 nitrogen and oxygen atoms in total. The molecule has 0 radical (unpaired) electrons. The minimum Gasteiger partial charge on any atom is -0.319 e. The molecule has 1 unspecified atom stereocenters. The van der Waals surface area contributed by atoms with E-state index in [1.165, 1.54) is 17.5 Å². The van der Waals surface area contributed by atoms with E-state index in [-0.39, 0.29) is 0 Å². The SMILES string of the molecule is Cc1cc(C(N)c2cnc(C(F)(F)F)s2)sc1C. The lowest BCUT2D eigenvalue weighted by Gasteiger charge is -2.05. The topological polar surface area (TPSA) is 38.9 Å². The van der Waals surface area contributed by atoms with Gasteiger partial charge in [-0.15, -0.1) is 22.7 Å². The van der Waals surface area contributed by atoms with Gasteiger partial charge in [-0.1, -0.05) is 0 Å². The Labute approximate surface area is 110 Å². The van der Waals surface area contributed by atoms with Crippen LogP contribution in [0.3, 0.4) is 0 Å². The summed E-state index contributed by atoms with van der Waals surface area (Å²) in [6, 6.07) is 1.38. The van der Waals surface area contributed by atoms with Gasteiger partial charge >= 0.3 is 6.18 Å². The molecular weight excluding hydrogens is 281 g/mol. The van der Waals surface area contributed by atoms with Gasteiger partial charge in [0.2, 0.25) is 0 Å². The van der Waals surface area contributed by atoms with Gasteiger partial charge < -0.3 is 5.73 Å². The Bertz CT molecular complexity index is 537. The smallest absolute Gasteiger partial charge is 0.319 e. The van der Waals surface area contributed by atoms with E-state index in [2.05, 4.69) is 4.98 Å². The third-order valence-electron chi connectivity index (χ3n) is 2.56. The summed E-state index contributed by atoms with van der Waals surface area (Å²) in [6.07, 6.45) is -3.19. The molecule has 0 spiro atoms. The normalized spacial score (nSPS) is 13.9. The minimum atomic E-state index is -4.40. The van der Waals surface area contributed by atoms with Crippen molar-refractivity contribution in [3.05, 3.63) is 37.5 Å². The summed E-state index contributed by atoms with van der Waals surface area (Å²) in [6.45, 7) is 3.92. The van der Waals surface area contributed by atoms with E-state index >= 15 is 0 Å². The predicted octanol–water partition coefficient (Wildman–Crippen LogP) is 3.89. The zero-order chi connectivity index (χ0) is 13.5. The second-order valence-electron chi connectivity index (χ2n) is 3.93. The van der Waals surface area contributed by atoms with E-state index in [1.54, 1.807) is 0 Å². The molecule has 18 heavy (non-hydrogen) atoms. The van der Waals surface area contributed by atoms with Gasteiger partial charge in [-0.2, -0.15) is 13.2 Å². The van der Waals surface area contributed by atoms with Gasteiger partial charge in [0.05, 0.1) is 6.04 Å². The molecule has 7 heteroatoms. The van der Waals surface area contributed by atoms with Crippen molar-refractivity contribution in [2.45, 2.75) is 26.1 Å². The number of aromatic nitrogens is 1. The van der Waals surface area contributed by atoms with Crippen molar-refractivity contribution in [1.29, 1.82) is 0 Å². The van der Waals surface area contributed by atoms with Crippen molar-refractivity contribution in [3.8, 4) is 0 Å². The quantitative estimate of drug-likeness (QED) is 0.912. The standard InChI is InChI=1S/C11H11F3N2S2/c1-5-3-7(17-6(5)2)9(15)8-4-16-10(18-8)11(12,13)14/h3-4,9H,15H2,1-2H3. The Hall–Kier alpha value is -0.920. The van der Waals surface area contributed by atoms with Gasteiger partial charge in [-0.05, 0) is 25.5 Å². The van der Waals surface area contributed by atoms with E-state index in [0.29, 0.717) is 16.2 Å². The van der Waals surface area contributed by atoms with Crippen molar-refractivity contribution in [1.82, 2.24) is 4.98 Å². The van der Waals surface area contributed by atoms with E-state index in [0.717, 1.165) is 15.3 Å². The first-order chi connectivity index (χ1) is 8.29. The summed E-state index contributed by atoms with van der Waals surface area (Å²) in [4.78, 5) is 5.80. The summed E-state index contributed by atoms with van der Waals surface area (Å²) in [5.74, 6) is 0. The Morgan fingerprint density at radius 2 is 1.89 bits per heavy atom. The summed E-state index contributed by atoms with van der Waals surface area (Å²) < 4.78 is 37.3. The van der Waals surface area contributed by atoms with Crippen LogP contribution in [0.2, 0.25) is 0 Å². The number of nitrogens with zero attached hydrogens (tertiary/aromatic N) is 1. The van der Waals surface area contributed by atoms with Gasteiger partial charge in [0.1, 0.15) is 0 Å². The van der Waals surface area contributed by atoms with Gasteiger partial charge in [0, 0.05) is 20.8 Å². The summed E-state index contributed by atoms with van der Waals surface area (Å²) in [5.41, 5.74) is 7.07. The number of thiophene rings is 1. The average molecular weight is 292 g/mol. The van der Waals surface area contributed by atoms with Crippen LogP contribution in [0.1, 0.15) is 31.2 Å². The largest absolute Gasteiger partial charge is 0.443 e. The maximum Gasteiger partial charge on any atom is 0.443 e. The Kier molecular flexibility index (Phi) is 3.48. The van der Waals surface area contributed by atoms with Crippen LogP contribution in [0.15, 0.2) is 12.3 Å². The van der Waals surface area contributed by atoms with Crippen LogP contribution in [-0.2, 0) is 6.18 Å². The second kappa shape index (κ2) is 4.64. The molecule has 2 N–H and O–H groups in total. The van der Waals surface area contributed by atoms with E-state index in [4.69, 9.17) is 5.73 Å². The number of hydrogen-bond donors (Lipinski definition) is 1. The lowest BCUT2D eigenvalue weighted by Crippen LogP contribution is -2.08. The number of halogens is 3. The van der Waals surface area contributed by atoms with Crippen molar-refractivity contribution in [2.24, 2.45) is 5.73 Å². The fraction of sp³-hybridized carbons (Fsp3) is 0.364. The number of rotatable bonds is 2. The molecule has 0 saturated heterocycles. The molecule has 2 rings (SSSR count). The summed E-state index contributed by atoms with van der Waals surface area (Å²) in [7, 11) is 0. The molecule has 2 heterocycles. The van der Waals surface area contributed by atoms with Crippen LogP contribution in [0.5, 0.6) is 0 Å².